The molecule has 0 unspecified atom stereocenters. The van der Waals surface area contributed by atoms with Crippen LogP contribution in [-0.2, 0) is 10.0 Å². The second-order valence-electron chi connectivity index (χ2n) is 9.08. The average Bonchev–Trinajstić information content (AvgIpc) is 2.77. The van der Waals surface area contributed by atoms with Crippen molar-refractivity contribution in [2.24, 2.45) is 11.8 Å². The number of methoxy groups -OCH3 is 1. The van der Waals surface area contributed by atoms with Crippen LogP contribution < -0.4 is 10.1 Å². The Balaban J connectivity index is 1.61. The maximum absolute atomic E-state index is 13.1. The third-order valence-electron chi connectivity index (χ3n) is 6.61. The average molecular weight is 452 g/mol. The molecule has 2 aliphatic heterocycles. The summed E-state index contributed by atoms with van der Waals surface area (Å²) in [6.45, 7) is 9.24. The van der Waals surface area contributed by atoms with Gasteiger partial charge >= 0.3 is 0 Å². The van der Waals surface area contributed by atoms with Crippen LogP contribution in [0.3, 0.4) is 0 Å². The van der Waals surface area contributed by atoms with Gasteiger partial charge in [-0.3, -0.25) is 4.79 Å². The molecule has 2 aliphatic rings. The summed E-state index contributed by atoms with van der Waals surface area (Å²) in [7, 11) is -2.13. The number of benzene rings is 1. The number of piperidine rings is 2. The molecule has 0 atom stereocenters. The minimum Gasteiger partial charge on any atom is -0.496 e. The molecule has 1 amide bonds. The molecule has 0 saturated carbocycles. The van der Waals surface area contributed by atoms with Gasteiger partial charge in [0, 0.05) is 19.6 Å². The number of hydrogen-bond donors (Lipinski definition) is 1. The van der Waals surface area contributed by atoms with Crippen molar-refractivity contribution in [3.63, 3.8) is 0 Å². The first kappa shape index (κ1) is 24.0. The second-order valence-corrected chi connectivity index (χ2v) is 11.0. The molecule has 3 rings (SSSR count). The number of carbonyl (C=O) groups excluding carboxylic acids is 1. The van der Waals surface area contributed by atoms with Crippen molar-refractivity contribution in [2.75, 3.05) is 46.4 Å². The number of rotatable bonds is 8. The zero-order chi connectivity index (χ0) is 22.4. The molecule has 0 aromatic heterocycles. The normalized spacial score (nSPS) is 20.0. The lowest BCUT2D eigenvalue weighted by molar-refractivity contribution is 0.0947. The fourth-order valence-electron chi connectivity index (χ4n) is 4.28. The maximum atomic E-state index is 13.1. The fraction of sp³-hybridized carbons (Fsp3) is 0.696. The highest BCUT2D eigenvalue weighted by Crippen LogP contribution is 2.27. The van der Waals surface area contributed by atoms with E-state index in [0.717, 1.165) is 44.8 Å². The number of likely N-dealkylation sites (tertiary alicyclic amines) is 1. The molecule has 0 aliphatic carbocycles. The van der Waals surface area contributed by atoms with Crippen LogP contribution in [-0.4, -0.2) is 69.9 Å². The minimum atomic E-state index is -3.62. The molecule has 1 aromatic rings. The first-order valence-corrected chi connectivity index (χ1v) is 12.9. The SMILES string of the molecule is COc1ccc(S(=O)(=O)N2CCC(C)CC2)cc1C(=O)NCCCN1CCC(C)CC1. The molecule has 7 nitrogen and oxygen atoms in total. The molecule has 2 saturated heterocycles. The van der Waals surface area contributed by atoms with E-state index in [4.69, 9.17) is 4.74 Å². The van der Waals surface area contributed by atoms with E-state index in [1.807, 2.05) is 0 Å². The van der Waals surface area contributed by atoms with Crippen LogP contribution in [0.4, 0.5) is 0 Å². The molecule has 2 fully saturated rings. The Kier molecular flexibility index (Phi) is 8.36. The molecule has 31 heavy (non-hydrogen) atoms. The highest BCUT2D eigenvalue weighted by atomic mass is 32.2. The summed E-state index contributed by atoms with van der Waals surface area (Å²) < 4.78 is 33.0. The number of nitrogens with one attached hydrogen (secondary N) is 1. The van der Waals surface area contributed by atoms with E-state index < -0.39 is 10.0 Å². The van der Waals surface area contributed by atoms with Gasteiger partial charge in [0.05, 0.1) is 17.6 Å². The van der Waals surface area contributed by atoms with Crippen molar-refractivity contribution in [2.45, 2.75) is 50.8 Å². The monoisotopic (exact) mass is 451 g/mol. The van der Waals surface area contributed by atoms with Crippen LogP contribution in [0.25, 0.3) is 0 Å². The maximum Gasteiger partial charge on any atom is 0.255 e. The zero-order valence-corrected chi connectivity index (χ0v) is 19.9. The predicted octanol–water partition coefficient (Wildman–Crippen LogP) is 2.97. The van der Waals surface area contributed by atoms with Crippen LogP contribution in [0.2, 0.25) is 0 Å². The number of sulfonamides is 1. The highest BCUT2D eigenvalue weighted by Gasteiger charge is 2.29. The molecule has 0 radical (unpaired) electrons. The molecular weight excluding hydrogens is 414 g/mol. The van der Waals surface area contributed by atoms with Crippen molar-refractivity contribution in [1.82, 2.24) is 14.5 Å². The molecule has 1 N–H and O–H groups in total. The second kappa shape index (κ2) is 10.8. The van der Waals surface area contributed by atoms with Gasteiger partial charge in [-0.2, -0.15) is 4.31 Å². The zero-order valence-electron chi connectivity index (χ0n) is 19.1. The van der Waals surface area contributed by atoms with Crippen LogP contribution >= 0.6 is 0 Å². The molecule has 174 valence electrons. The molecule has 1 aromatic carbocycles. The van der Waals surface area contributed by atoms with Crippen LogP contribution in [0.5, 0.6) is 5.75 Å². The largest absolute Gasteiger partial charge is 0.496 e. The number of nitrogens with zero attached hydrogens (tertiary/aromatic N) is 2. The van der Waals surface area contributed by atoms with Crippen molar-refractivity contribution >= 4 is 15.9 Å². The van der Waals surface area contributed by atoms with Gasteiger partial charge in [-0.05, 0) is 81.8 Å². The van der Waals surface area contributed by atoms with Crippen LogP contribution in [0.1, 0.15) is 56.3 Å². The van der Waals surface area contributed by atoms with Crippen LogP contribution in [0, 0.1) is 11.8 Å². The van der Waals surface area contributed by atoms with Crippen molar-refractivity contribution < 1.29 is 17.9 Å². The smallest absolute Gasteiger partial charge is 0.255 e. The van der Waals surface area contributed by atoms with Gasteiger partial charge in [0.15, 0.2) is 0 Å². The van der Waals surface area contributed by atoms with Gasteiger partial charge in [0.25, 0.3) is 5.91 Å². The van der Waals surface area contributed by atoms with Gasteiger partial charge in [0.1, 0.15) is 5.75 Å². The topological polar surface area (TPSA) is 79.0 Å². The van der Waals surface area contributed by atoms with Gasteiger partial charge in [-0.15, -0.1) is 0 Å². The van der Waals surface area contributed by atoms with E-state index in [2.05, 4.69) is 24.1 Å². The first-order chi connectivity index (χ1) is 14.8. The third kappa shape index (κ3) is 6.20. The van der Waals surface area contributed by atoms with E-state index in [-0.39, 0.29) is 16.4 Å². The van der Waals surface area contributed by atoms with Gasteiger partial charge in [0.2, 0.25) is 10.0 Å². The van der Waals surface area contributed by atoms with E-state index in [1.54, 1.807) is 6.07 Å². The fourth-order valence-corrected chi connectivity index (χ4v) is 5.78. The Hall–Kier alpha value is -1.64. The van der Waals surface area contributed by atoms with Crippen molar-refractivity contribution in [3.8, 4) is 5.75 Å². The van der Waals surface area contributed by atoms with E-state index >= 15 is 0 Å². The van der Waals surface area contributed by atoms with E-state index in [9.17, 15) is 13.2 Å². The standard InChI is InChI=1S/C23H37N3O4S/c1-18-7-13-25(14-8-18)12-4-11-24-23(27)21-17-20(5-6-22(21)30-3)31(28,29)26-15-9-19(2)10-16-26/h5-6,17-19H,4,7-16H2,1-3H3,(H,24,27). The van der Waals surface area contributed by atoms with Gasteiger partial charge < -0.3 is 15.0 Å². The van der Waals surface area contributed by atoms with Gasteiger partial charge in [-0.25, -0.2) is 8.42 Å². The molecule has 2 heterocycles. The number of hydrogen-bond acceptors (Lipinski definition) is 5. The third-order valence-corrected chi connectivity index (χ3v) is 8.50. The van der Waals surface area contributed by atoms with Crippen molar-refractivity contribution in [3.05, 3.63) is 23.8 Å². The van der Waals surface area contributed by atoms with Crippen molar-refractivity contribution in [1.29, 1.82) is 0 Å². The van der Waals surface area contributed by atoms with Crippen LogP contribution in [0.15, 0.2) is 23.1 Å². The summed E-state index contributed by atoms with van der Waals surface area (Å²) in [4.78, 5) is 15.4. The number of amides is 1. The lowest BCUT2D eigenvalue weighted by atomic mass is 9.99. The summed E-state index contributed by atoms with van der Waals surface area (Å²) in [5, 5.41) is 2.93. The Morgan fingerprint density at radius 2 is 1.68 bits per heavy atom. The van der Waals surface area contributed by atoms with Gasteiger partial charge in [-0.1, -0.05) is 13.8 Å². The highest BCUT2D eigenvalue weighted by molar-refractivity contribution is 7.89. The lowest BCUT2D eigenvalue weighted by Crippen LogP contribution is -2.38. The predicted molar refractivity (Wildman–Crippen MR) is 122 cm³/mol. The molecule has 0 spiro atoms. The summed E-state index contributed by atoms with van der Waals surface area (Å²) in [6.07, 6.45) is 5.06. The summed E-state index contributed by atoms with van der Waals surface area (Å²) >= 11 is 0. The first-order valence-electron chi connectivity index (χ1n) is 11.5. The Labute approximate surface area is 187 Å². The quantitative estimate of drug-likeness (QED) is 0.615. The number of carbonyl (C=O) groups is 1. The molecule has 8 heteroatoms. The molecular formula is C23H37N3O4S. The Bertz CT molecular complexity index is 842. The molecule has 0 bridgehead atoms. The minimum absolute atomic E-state index is 0.149. The summed E-state index contributed by atoms with van der Waals surface area (Å²) in [5.74, 6) is 1.43. The number of ether oxygens (including phenoxy) is 1. The van der Waals surface area contributed by atoms with E-state index in [0.29, 0.717) is 31.3 Å². The Morgan fingerprint density at radius 3 is 2.29 bits per heavy atom. The summed E-state index contributed by atoms with van der Waals surface area (Å²) in [5.41, 5.74) is 0.265. The Morgan fingerprint density at radius 1 is 1.06 bits per heavy atom. The summed E-state index contributed by atoms with van der Waals surface area (Å²) in [6, 6.07) is 4.55. The van der Waals surface area contributed by atoms with E-state index in [1.165, 1.54) is 36.4 Å². The lowest BCUT2D eigenvalue weighted by Gasteiger charge is -2.30.